The average molecular weight is 448 g/mol. The first-order chi connectivity index (χ1) is 15.2. The number of fused-ring (bicyclic) bond motifs is 1. The fraction of sp³-hybridized carbons (Fsp3) is 0.211. The fourth-order valence-corrected chi connectivity index (χ4v) is 2.97. The highest BCUT2D eigenvalue weighted by Crippen LogP contribution is 2.30. The molecule has 0 fully saturated rings. The van der Waals surface area contributed by atoms with E-state index >= 15 is 0 Å². The summed E-state index contributed by atoms with van der Waals surface area (Å²) in [6.07, 6.45) is -0.231. The van der Waals surface area contributed by atoms with E-state index in [1.807, 2.05) is 0 Å². The summed E-state index contributed by atoms with van der Waals surface area (Å²) in [6, 6.07) is 4.37. The van der Waals surface area contributed by atoms with Gasteiger partial charge in [0.05, 0.1) is 30.1 Å². The van der Waals surface area contributed by atoms with Crippen molar-refractivity contribution < 1.29 is 27.8 Å². The summed E-state index contributed by atoms with van der Waals surface area (Å²) in [4.78, 5) is 30.3. The number of rotatable bonds is 7. The van der Waals surface area contributed by atoms with Crippen LogP contribution in [-0.2, 0) is 12.7 Å². The predicted octanol–water partition coefficient (Wildman–Crippen LogP) is 2.49. The number of aryl methyl sites for hydroxylation is 1. The van der Waals surface area contributed by atoms with Gasteiger partial charge in [-0.1, -0.05) is 0 Å². The van der Waals surface area contributed by atoms with Crippen LogP contribution in [0.4, 0.5) is 13.2 Å². The number of carboxylic acids is 1. The van der Waals surface area contributed by atoms with Gasteiger partial charge in [-0.25, -0.2) is 14.5 Å². The van der Waals surface area contributed by atoms with Crippen molar-refractivity contribution in [1.82, 2.24) is 29.5 Å². The van der Waals surface area contributed by atoms with E-state index in [0.29, 0.717) is 24.2 Å². The van der Waals surface area contributed by atoms with Gasteiger partial charge >= 0.3 is 12.1 Å². The standard InChI is InChI=1S/C19H15F3N6O4/c20-19(21,22)12-2-4-13(5-3-12)32-7-1-6-27-15-14(9-24-27)25-18(26-16(15)29)28-10-11(8-23-28)17(30)31/h2-5,8-10H,1,6-7H2,(H,30,31)(H,25,26,29). The minimum atomic E-state index is -4.41. The zero-order chi connectivity index (χ0) is 22.9. The highest BCUT2D eigenvalue weighted by atomic mass is 19.4. The first-order valence-electron chi connectivity index (χ1n) is 9.26. The monoisotopic (exact) mass is 448 g/mol. The van der Waals surface area contributed by atoms with Crippen LogP contribution >= 0.6 is 0 Å². The van der Waals surface area contributed by atoms with Gasteiger partial charge in [-0.2, -0.15) is 23.4 Å². The largest absolute Gasteiger partial charge is 0.494 e. The number of ether oxygens (including phenoxy) is 1. The molecule has 0 bridgehead atoms. The second-order valence-electron chi connectivity index (χ2n) is 6.69. The molecule has 0 unspecified atom stereocenters. The number of carbonyl (C=O) groups is 1. The van der Waals surface area contributed by atoms with Gasteiger partial charge in [0.15, 0.2) is 5.52 Å². The lowest BCUT2D eigenvalue weighted by molar-refractivity contribution is -0.137. The van der Waals surface area contributed by atoms with Gasteiger partial charge in [-0.15, -0.1) is 0 Å². The molecule has 0 spiro atoms. The number of aromatic amines is 1. The molecular formula is C19H15F3N6O4. The van der Waals surface area contributed by atoms with E-state index < -0.39 is 23.3 Å². The minimum Gasteiger partial charge on any atom is -0.494 e. The maximum absolute atomic E-state index is 12.6. The molecule has 0 amide bonds. The smallest absolute Gasteiger partial charge is 0.416 e. The van der Waals surface area contributed by atoms with Crippen LogP contribution in [0, 0.1) is 0 Å². The molecule has 1 aromatic carbocycles. The van der Waals surface area contributed by atoms with Crippen molar-refractivity contribution in [2.45, 2.75) is 19.1 Å². The molecule has 0 saturated heterocycles. The van der Waals surface area contributed by atoms with E-state index in [-0.39, 0.29) is 23.6 Å². The summed E-state index contributed by atoms with van der Waals surface area (Å²) in [5, 5.41) is 17.0. The molecule has 166 valence electrons. The van der Waals surface area contributed by atoms with E-state index in [0.717, 1.165) is 23.0 Å². The van der Waals surface area contributed by atoms with Gasteiger partial charge in [0.2, 0.25) is 5.95 Å². The van der Waals surface area contributed by atoms with Crippen LogP contribution in [0.1, 0.15) is 22.3 Å². The highest BCUT2D eigenvalue weighted by Gasteiger charge is 2.30. The van der Waals surface area contributed by atoms with Crippen molar-refractivity contribution in [3.63, 3.8) is 0 Å². The van der Waals surface area contributed by atoms with Crippen molar-refractivity contribution in [2.75, 3.05) is 6.61 Å². The maximum Gasteiger partial charge on any atom is 0.416 e. The molecular weight excluding hydrogens is 433 g/mol. The predicted molar refractivity (Wildman–Crippen MR) is 104 cm³/mol. The van der Waals surface area contributed by atoms with Crippen LogP contribution in [0.3, 0.4) is 0 Å². The number of benzene rings is 1. The van der Waals surface area contributed by atoms with Gasteiger partial charge in [0, 0.05) is 19.2 Å². The van der Waals surface area contributed by atoms with Gasteiger partial charge < -0.3 is 9.84 Å². The fourth-order valence-electron chi connectivity index (χ4n) is 2.97. The van der Waals surface area contributed by atoms with Crippen molar-refractivity contribution in [3.05, 3.63) is 64.3 Å². The van der Waals surface area contributed by atoms with Crippen molar-refractivity contribution in [2.24, 2.45) is 0 Å². The molecule has 0 aliphatic heterocycles. The van der Waals surface area contributed by atoms with E-state index in [2.05, 4.69) is 20.2 Å². The highest BCUT2D eigenvalue weighted by molar-refractivity contribution is 5.87. The summed E-state index contributed by atoms with van der Waals surface area (Å²) in [6.45, 7) is 0.501. The molecule has 32 heavy (non-hydrogen) atoms. The number of nitrogens with zero attached hydrogens (tertiary/aromatic N) is 5. The molecule has 4 aromatic rings. The van der Waals surface area contributed by atoms with Crippen LogP contribution in [0.15, 0.2) is 47.7 Å². The van der Waals surface area contributed by atoms with Gasteiger partial charge in [-0.05, 0) is 24.3 Å². The number of hydrogen-bond donors (Lipinski definition) is 2. The Bertz CT molecular complexity index is 1320. The summed E-state index contributed by atoms with van der Waals surface area (Å²) in [5.74, 6) is -0.821. The molecule has 0 atom stereocenters. The zero-order valence-electron chi connectivity index (χ0n) is 16.2. The summed E-state index contributed by atoms with van der Waals surface area (Å²) in [5.41, 5.74) is -0.794. The lowest BCUT2D eigenvalue weighted by Gasteiger charge is -2.09. The molecule has 10 nitrogen and oxygen atoms in total. The average Bonchev–Trinajstić information content (AvgIpc) is 3.39. The number of halogens is 3. The number of aromatic carboxylic acids is 1. The molecule has 0 saturated carbocycles. The Balaban J connectivity index is 1.42. The molecule has 3 heterocycles. The molecule has 0 aliphatic carbocycles. The SMILES string of the molecule is O=C(O)c1cnn(-c2nc3cnn(CCCOc4ccc(C(F)(F)F)cc4)c3c(=O)[nH]2)c1. The van der Waals surface area contributed by atoms with Crippen molar-refractivity contribution in [1.29, 1.82) is 0 Å². The number of aromatic nitrogens is 6. The van der Waals surface area contributed by atoms with Gasteiger partial charge in [0.1, 0.15) is 11.3 Å². The van der Waals surface area contributed by atoms with Crippen LogP contribution in [0.2, 0.25) is 0 Å². The Morgan fingerprint density at radius 1 is 1.16 bits per heavy atom. The van der Waals surface area contributed by atoms with Crippen LogP contribution in [0.5, 0.6) is 5.75 Å². The lowest BCUT2D eigenvalue weighted by Crippen LogP contribution is -2.17. The second-order valence-corrected chi connectivity index (χ2v) is 6.69. The number of alkyl halides is 3. The number of carboxylic acid groups (broad SMARTS) is 1. The molecule has 0 radical (unpaired) electrons. The normalized spacial score (nSPS) is 11.7. The Labute approximate surface area is 176 Å². The number of H-pyrrole nitrogens is 1. The Morgan fingerprint density at radius 3 is 2.56 bits per heavy atom. The van der Waals surface area contributed by atoms with Crippen LogP contribution in [0.25, 0.3) is 17.0 Å². The van der Waals surface area contributed by atoms with E-state index in [9.17, 15) is 22.8 Å². The summed E-state index contributed by atoms with van der Waals surface area (Å²) in [7, 11) is 0. The second kappa shape index (κ2) is 8.17. The first-order valence-corrected chi connectivity index (χ1v) is 9.26. The third kappa shape index (κ3) is 4.31. The zero-order valence-corrected chi connectivity index (χ0v) is 16.2. The summed E-state index contributed by atoms with van der Waals surface area (Å²) >= 11 is 0. The Kier molecular flexibility index (Phi) is 5.38. The number of hydrogen-bond acceptors (Lipinski definition) is 6. The number of nitrogens with one attached hydrogen (secondary N) is 1. The van der Waals surface area contributed by atoms with Gasteiger partial charge in [0.25, 0.3) is 5.56 Å². The third-order valence-corrected chi connectivity index (χ3v) is 4.50. The van der Waals surface area contributed by atoms with Crippen LogP contribution in [-0.4, -0.2) is 47.2 Å². The van der Waals surface area contributed by atoms with Gasteiger partial charge in [-0.3, -0.25) is 14.5 Å². The Hall–Kier alpha value is -4.16. The molecule has 4 rings (SSSR count). The maximum atomic E-state index is 12.6. The third-order valence-electron chi connectivity index (χ3n) is 4.50. The Morgan fingerprint density at radius 2 is 1.91 bits per heavy atom. The van der Waals surface area contributed by atoms with Crippen molar-refractivity contribution >= 4 is 17.0 Å². The van der Waals surface area contributed by atoms with E-state index in [1.165, 1.54) is 29.2 Å². The first kappa shape index (κ1) is 21.1. The summed E-state index contributed by atoms with van der Waals surface area (Å²) < 4.78 is 45.8. The molecule has 2 N–H and O–H groups in total. The molecule has 3 aromatic heterocycles. The minimum absolute atomic E-state index is 0.0418. The topological polar surface area (TPSA) is 128 Å². The van der Waals surface area contributed by atoms with E-state index in [4.69, 9.17) is 9.84 Å². The molecule has 0 aliphatic rings. The van der Waals surface area contributed by atoms with Crippen molar-refractivity contribution in [3.8, 4) is 11.7 Å². The lowest BCUT2D eigenvalue weighted by atomic mass is 10.2. The molecule has 13 heteroatoms. The van der Waals surface area contributed by atoms with Crippen LogP contribution < -0.4 is 10.3 Å². The van der Waals surface area contributed by atoms with E-state index in [1.54, 1.807) is 0 Å². The quantitative estimate of drug-likeness (QED) is 0.416.